The first-order chi connectivity index (χ1) is 14.6. The molecule has 1 saturated heterocycles. The van der Waals surface area contributed by atoms with Crippen molar-refractivity contribution in [3.05, 3.63) is 83.7 Å². The zero-order valence-electron chi connectivity index (χ0n) is 17.7. The molecule has 0 atom stereocenters. The van der Waals surface area contributed by atoms with Crippen molar-refractivity contribution in [1.82, 2.24) is 9.88 Å². The molecule has 1 aliphatic rings. The molecule has 3 aromatic rings. The number of aryl methyl sites for hydroxylation is 1. The number of hydrogen-bond donors (Lipinski definition) is 0. The van der Waals surface area contributed by atoms with Gasteiger partial charge in [0.05, 0.1) is 13.5 Å². The molecule has 1 aliphatic heterocycles. The molecule has 4 nitrogen and oxygen atoms in total. The van der Waals surface area contributed by atoms with Crippen LogP contribution >= 0.6 is 0 Å². The smallest absolute Gasteiger partial charge is 0.226 e. The SMILES string of the molecule is COc1ccc(CC(=O)N2CCC(c3cc(-c4ccccc4)cc(C)n3)CC2)cc1. The third kappa shape index (κ3) is 4.70. The average Bonchev–Trinajstić information content (AvgIpc) is 2.80. The zero-order valence-corrected chi connectivity index (χ0v) is 17.7. The summed E-state index contributed by atoms with van der Waals surface area (Å²) in [7, 11) is 1.65. The van der Waals surface area contributed by atoms with E-state index in [-0.39, 0.29) is 5.91 Å². The highest BCUT2D eigenvalue weighted by molar-refractivity contribution is 5.79. The summed E-state index contributed by atoms with van der Waals surface area (Å²) in [6.07, 6.45) is 2.35. The van der Waals surface area contributed by atoms with Gasteiger partial charge >= 0.3 is 0 Å². The maximum Gasteiger partial charge on any atom is 0.226 e. The van der Waals surface area contributed by atoms with Gasteiger partial charge in [0.1, 0.15) is 5.75 Å². The summed E-state index contributed by atoms with van der Waals surface area (Å²) in [5, 5.41) is 0. The highest BCUT2D eigenvalue weighted by Crippen LogP contribution is 2.30. The Morgan fingerprint density at radius 2 is 1.70 bits per heavy atom. The van der Waals surface area contributed by atoms with Crippen LogP contribution in [0.2, 0.25) is 0 Å². The summed E-state index contributed by atoms with van der Waals surface area (Å²) in [5.74, 6) is 1.41. The molecule has 2 heterocycles. The second kappa shape index (κ2) is 9.12. The Bertz CT molecular complexity index is 991. The summed E-state index contributed by atoms with van der Waals surface area (Å²) in [5.41, 5.74) is 5.66. The van der Waals surface area contributed by atoms with Crippen LogP contribution in [0.5, 0.6) is 5.75 Å². The maximum atomic E-state index is 12.7. The van der Waals surface area contributed by atoms with E-state index in [0.717, 1.165) is 48.6 Å². The molecule has 2 aromatic carbocycles. The fourth-order valence-corrected chi connectivity index (χ4v) is 4.16. The molecule has 1 aromatic heterocycles. The van der Waals surface area contributed by atoms with Crippen LogP contribution in [0.4, 0.5) is 0 Å². The van der Waals surface area contributed by atoms with Crippen molar-refractivity contribution in [2.24, 2.45) is 0 Å². The number of nitrogens with zero attached hydrogens (tertiary/aromatic N) is 2. The number of rotatable bonds is 5. The Balaban J connectivity index is 1.39. The second-order valence-corrected chi connectivity index (χ2v) is 7.97. The van der Waals surface area contributed by atoms with Gasteiger partial charge in [0.2, 0.25) is 5.91 Å². The standard InChI is InChI=1S/C26H28N2O2/c1-19-16-23(21-6-4-3-5-7-21)18-25(27-19)22-12-14-28(15-13-22)26(29)17-20-8-10-24(30-2)11-9-20/h3-11,16,18,22H,12-15,17H2,1-2H3. The Morgan fingerprint density at radius 1 is 1.00 bits per heavy atom. The van der Waals surface area contributed by atoms with Crippen molar-refractivity contribution in [2.75, 3.05) is 20.2 Å². The van der Waals surface area contributed by atoms with E-state index in [1.54, 1.807) is 7.11 Å². The van der Waals surface area contributed by atoms with E-state index >= 15 is 0 Å². The average molecular weight is 401 g/mol. The molecule has 1 fully saturated rings. The van der Waals surface area contributed by atoms with Gasteiger partial charge in [-0.2, -0.15) is 0 Å². The Morgan fingerprint density at radius 3 is 2.37 bits per heavy atom. The van der Waals surface area contributed by atoms with Crippen molar-refractivity contribution in [2.45, 2.75) is 32.1 Å². The minimum absolute atomic E-state index is 0.195. The van der Waals surface area contributed by atoms with E-state index in [0.29, 0.717) is 12.3 Å². The molecule has 0 N–H and O–H groups in total. The Hall–Kier alpha value is -3.14. The van der Waals surface area contributed by atoms with Gasteiger partial charge in [-0.05, 0) is 60.7 Å². The number of methoxy groups -OCH3 is 1. The predicted octanol–water partition coefficient (Wildman–Crippen LogP) is 5.01. The number of amides is 1. The maximum absolute atomic E-state index is 12.7. The van der Waals surface area contributed by atoms with Crippen LogP contribution in [0.1, 0.15) is 35.7 Å². The molecule has 154 valence electrons. The number of carbonyl (C=O) groups excluding carboxylic acids is 1. The third-order valence-electron chi connectivity index (χ3n) is 5.86. The van der Waals surface area contributed by atoms with Crippen molar-refractivity contribution >= 4 is 5.91 Å². The van der Waals surface area contributed by atoms with Crippen molar-refractivity contribution in [1.29, 1.82) is 0 Å². The van der Waals surface area contributed by atoms with Gasteiger partial charge in [0, 0.05) is 30.4 Å². The first kappa shape index (κ1) is 20.1. The van der Waals surface area contributed by atoms with Gasteiger partial charge in [-0.15, -0.1) is 0 Å². The van der Waals surface area contributed by atoms with Gasteiger partial charge in [-0.1, -0.05) is 42.5 Å². The summed E-state index contributed by atoms with van der Waals surface area (Å²) in [6.45, 7) is 3.63. The zero-order chi connectivity index (χ0) is 20.9. The minimum Gasteiger partial charge on any atom is -0.497 e. The van der Waals surface area contributed by atoms with Crippen molar-refractivity contribution in [3.8, 4) is 16.9 Å². The van der Waals surface area contributed by atoms with Crippen LogP contribution in [-0.4, -0.2) is 36.0 Å². The minimum atomic E-state index is 0.195. The number of hydrogen-bond acceptors (Lipinski definition) is 3. The number of carbonyl (C=O) groups is 1. The molecule has 1 amide bonds. The Kier molecular flexibility index (Phi) is 6.12. The summed E-state index contributed by atoms with van der Waals surface area (Å²) in [4.78, 5) is 19.6. The van der Waals surface area contributed by atoms with E-state index in [1.165, 1.54) is 11.1 Å². The number of aromatic nitrogens is 1. The highest BCUT2D eigenvalue weighted by atomic mass is 16.5. The molecule has 30 heavy (non-hydrogen) atoms. The van der Waals surface area contributed by atoms with Gasteiger partial charge in [-0.3, -0.25) is 9.78 Å². The van der Waals surface area contributed by atoms with Crippen LogP contribution in [0, 0.1) is 6.92 Å². The van der Waals surface area contributed by atoms with Gasteiger partial charge < -0.3 is 9.64 Å². The molecule has 0 radical (unpaired) electrons. The molecule has 4 heteroatoms. The van der Waals surface area contributed by atoms with E-state index in [2.05, 4.69) is 43.3 Å². The van der Waals surface area contributed by atoms with Crippen LogP contribution in [0.3, 0.4) is 0 Å². The van der Waals surface area contributed by atoms with Gasteiger partial charge in [0.15, 0.2) is 0 Å². The third-order valence-corrected chi connectivity index (χ3v) is 5.86. The first-order valence-electron chi connectivity index (χ1n) is 10.6. The monoisotopic (exact) mass is 400 g/mol. The van der Waals surface area contributed by atoms with Crippen LogP contribution in [0.15, 0.2) is 66.7 Å². The number of pyridine rings is 1. The molecule has 4 rings (SSSR count). The molecule has 0 spiro atoms. The summed E-state index contributed by atoms with van der Waals surface area (Å²) in [6, 6.07) is 22.6. The van der Waals surface area contributed by atoms with E-state index in [1.807, 2.05) is 35.2 Å². The topological polar surface area (TPSA) is 42.4 Å². The molecular weight excluding hydrogens is 372 g/mol. The number of likely N-dealkylation sites (tertiary alicyclic amines) is 1. The first-order valence-corrected chi connectivity index (χ1v) is 10.6. The van der Waals surface area contributed by atoms with Gasteiger partial charge in [0.25, 0.3) is 0 Å². The lowest BCUT2D eigenvalue weighted by atomic mass is 9.91. The Labute approximate surface area is 178 Å². The van der Waals surface area contributed by atoms with Crippen molar-refractivity contribution < 1.29 is 9.53 Å². The highest BCUT2D eigenvalue weighted by Gasteiger charge is 2.25. The second-order valence-electron chi connectivity index (χ2n) is 7.97. The molecule has 0 aliphatic carbocycles. The van der Waals surface area contributed by atoms with E-state index in [4.69, 9.17) is 9.72 Å². The van der Waals surface area contributed by atoms with Crippen LogP contribution in [0.25, 0.3) is 11.1 Å². The fraction of sp³-hybridized carbons (Fsp3) is 0.308. The van der Waals surface area contributed by atoms with Crippen LogP contribution in [-0.2, 0) is 11.2 Å². The number of benzene rings is 2. The molecule has 0 bridgehead atoms. The predicted molar refractivity (Wildman–Crippen MR) is 120 cm³/mol. The summed E-state index contributed by atoms with van der Waals surface area (Å²) < 4.78 is 5.19. The number of piperidine rings is 1. The lowest BCUT2D eigenvalue weighted by Gasteiger charge is -2.32. The lowest BCUT2D eigenvalue weighted by Crippen LogP contribution is -2.38. The van der Waals surface area contributed by atoms with E-state index < -0.39 is 0 Å². The normalized spacial score (nSPS) is 14.5. The largest absolute Gasteiger partial charge is 0.497 e. The molecular formula is C26H28N2O2. The fourth-order valence-electron chi connectivity index (χ4n) is 4.16. The van der Waals surface area contributed by atoms with Crippen LogP contribution < -0.4 is 4.74 Å². The van der Waals surface area contributed by atoms with Crippen molar-refractivity contribution in [3.63, 3.8) is 0 Å². The lowest BCUT2D eigenvalue weighted by molar-refractivity contribution is -0.131. The van der Waals surface area contributed by atoms with Gasteiger partial charge in [-0.25, -0.2) is 0 Å². The number of ether oxygens (including phenoxy) is 1. The summed E-state index contributed by atoms with van der Waals surface area (Å²) >= 11 is 0. The van der Waals surface area contributed by atoms with E-state index in [9.17, 15) is 4.79 Å². The molecule has 0 saturated carbocycles. The molecule has 0 unspecified atom stereocenters. The quantitative estimate of drug-likeness (QED) is 0.604.